The highest BCUT2D eigenvalue weighted by Crippen LogP contribution is 2.28. The molecule has 30 heavy (non-hydrogen) atoms. The highest BCUT2D eigenvalue weighted by molar-refractivity contribution is 5.83. The normalized spacial score (nSPS) is 11.4. The van der Waals surface area contributed by atoms with Crippen molar-refractivity contribution in [3.05, 3.63) is 83.2 Å². The van der Waals surface area contributed by atoms with Gasteiger partial charge in [0.1, 0.15) is 7.05 Å². The van der Waals surface area contributed by atoms with Crippen molar-refractivity contribution in [1.29, 1.82) is 0 Å². The molecule has 4 rings (SSSR count). The molecule has 2 aromatic heterocycles. The minimum absolute atomic E-state index is 0.621. The van der Waals surface area contributed by atoms with Gasteiger partial charge in [0.25, 0.3) is 0 Å². The van der Waals surface area contributed by atoms with Gasteiger partial charge in [-0.2, -0.15) is 4.57 Å². The van der Waals surface area contributed by atoms with E-state index in [1.807, 2.05) is 6.20 Å². The van der Waals surface area contributed by atoms with Crippen LogP contribution < -0.4 is 4.57 Å². The fourth-order valence-corrected chi connectivity index (χ4v) is 4.28. The SMILES string of the molecule is Cc1cc(C)c(C)c(-c2ccc3ccc(-c4ccc(CC(C)C)nc4)cc3[n+]2C)c1. The Morgan fingerprint density at radius 1 is 0.867 bits per heavy atom. The average molecular weight is 396 g/mol. The molecule has 152 valence electrons. The van der Waals surface area contributed by atoms with Gasteiger partial charge in [0.2, 0.25) is 11.2 Å². The van der Waals surface area contributed by atoms with Crippen molar-refractivity contribution in [2.75, 3.05) is 0 Å². The lowest BCUT2D eigenvalue weighted by molar-refractivity contribution is -0.633. The summed E-state index contributed by atoms with van der Waals surface area (Å²) in [7, 11) is 2.17. The van der Waals surface area contributed by atoms with Crippen molar-refractivity contribution in [2.24, 2.45) is 13.0 Å². The monoisotopic (exact) mass is 395 g/mol. The van der Waals surface area contributed by atoms with E-state index in [2.05, 4.69) is 106 Å². The molecule has 0 N–H and O–H groups in total. The van der Waals surface area contributed by atoms with Gasteiger partial charge < -0.3 is 0 Å². The van der Waals surface area contributed by atoms with E-state index in [9.17, 15) is 0 Å². The van der Waals surface area contributed by atoms with Crippen molar-refractivity contribution in [3.63, 3.8) is 0 Å². The van der Waals surface area contributed by atoms with Gasteiger partial charge in [-0.3, -0.25) is 4.98 Å². The molecule has 0 spiro atoms. The van der Waals surface area contributed by atoms with Gasteiger partial charge >= 0.3 is 0 Å². The Morgan fingerprint density at radius 3 is 2.30 bits per heavy atom. The van der Waals surface area contributed by atoms with Crippen LogP contribution in [0.4, 0.5) is 0 Å². The number of rotatable bonds is 4. The van der Waals surface area contributed by atoms with Crippen molar-refractivity contribution in [3.8, 4) is 22.4 Å². The second-order valence-corrected chi connectivity index (χ2v) is 8.94. The molecule has 0 amide bonds. The maximum Gasteiger partial charge on any atom is 0.213 e. The first-order valence-electron chi connectivity index (χ1n) is 10.8. The van der Waals surface area contributed by atoms with Gasteiger partial charge in [0.15, 0.2) is 0 Å². The molecule has 2 aromatic carbocycles. The third-order valence-electron chi connectivity index (χ3n) is 6.04. The third kappa shape index (κ3) is 3.87. The second-order valence-electron chi connectivity index (χ2n) is 8.94. The number of hydrogen-bond acceptors (Lipinski definition) is 1. The molecule has 2 heteroatoms. The topological polar surface area (TPSA) is 16.8 Å². The number of hydrogen-bond donors (Lipinski definition) is 0. The lowest BCUT2D eigenvalue weighted by Gasteiger charge is -2.11. The number of aryl methyl sites for hydroxylation is 3. The molecule has 0 aliphatic heterocycles. The zero-order chi connectivity index (χ0) is 21.4. The second kappa shape index (κ2) is 8.02. The molecule has 0 unspecified atom stereocenters. The minimum Gasteiger partial charge on any atom is -0.261 e. The third-order valence-corrected chi connectivity index (χ3v) is 6.04. The first-order chi connectivity index (χ1) is 14.3. The maximum atomic E-state index is 4.69. The number of pyridine rings is 2. The van der Waals surface area contributed by atoms with Crippen LogP contribution in [-0.4, -0.2) is 4.98 Å². The Labute approximate surface area is 180 Å². The highest BCUT2D eigenvalue weighted by atomic mass is 14.9. The van der Waals surface area contributed by atoms with Crippen molar-refractivity contribution >= 4 is 10.9 Å². The number of fused-ring (bicyclic) bond motifs is 1. The molecule has 0 fully saturated rings. The van der Waals surface area contributed by atoms with Gasteiger partial charge in [0.05, 0.1) is 0 Å². The quantitative estimate of drug-likeness (QED) is 0.360. The summed E-state index contributed by atoms with van der Waals surface area (Å²) in [6.45, 7) is 11.0. The maximum absolute atomic E-state index is 4.69. The summed E-state index contributed by atoms with van der Waals surface area (Å²) >= 11 is 0. The predicted molar refractivity (Wildman–Crippen MR) is 127 cm³/mol. The van der Waals surface area contributed by atoms with Crippen molar-refractivity contribution in [2.45, 2.75) is 41.0 Å². The molecule has 0 aliphatic rings. The van der Waals surface area contributed by atoms with Crippen LogP contribution in [0.15, 0.2) is 60.8 Å². The number of aromatic nitrogens is 2. The Morgan fingerprint density at radius 2 is 1.60 bits per heavy atom. The summed E-state index contributed by atoms with van der Waals surface area (Å²) in [5.41, 5.74) is 11.3. The van der Waals surface area contributed by atoms with E-state index in [0.29, 0.717) is 5.92 Å². The van der Waals surface area contributed by atoms with E-state index in [1.165, 1.54) is 44.4 Å². The van der Waals surface area contributed by atoms with Crippen LogP contribution in [0.2, 0.25) is 0 Å². The summed E-state index contributed by atoms with van der Waals surface area (Å²) in [6, 6.07) is 20.1. The van der Waals surface area contributed by atoms with Gasteiger partial charge in [-0.15, -0.1) is 0 Å². The van der Waals surface area contributed by atoms with Crippen LogP contribution in [0.3, 0.4) is 0 Å². The predicted octanol–water partition coefficient (Wildman–Crippen LogP) is 6.52. The number of nitrogens with zero attached hydrogens (tertiary/aromatic N) is 2. The summed E-state index contributed by atoms with van der Waals surface area (Å²) in [4.78, 5) is 4.69. The lowest BCUT2D eigenvalue weighted by atomic mass is 9.96. The summed E-state index contributed by atoms with van der Waals surface area (Å²) < 4.78 is 2.32. The Bertz CT molecular complexity index is 1220. The van der Waals surface area contributed by atoms with Gasteiger partial charge in [-0.25, -0.2) is 0 Å². The molecule has 4 aromatic rings. The molecule has 0 radical (unpaired) electrons. The van der Waals surface area contributed by atoms with Crippen LogP contribution in [0.25, 0.3) is 33.3 Å². The average Bonchev–Trinajstić information content (AvgIpc) is 2.71. The first kappa shape index (κ1) is 20.3. The van der Waals surface area contributed by atoms with E-state index in [4.69, 9.17) is 0 Å². The van der Waals surface area contributed by atoms with Crippen LogP contribution in [0.1, 0.15) is 36.2 Å². The molecular weight excluding hydrogens is 364 g/mol. The first-order valence-corrected chi connectivity index (χ1v) is 10.8. The van der Waals surface area contributed by atoms with Crippen molar-refractivity contribution < 1.29 is 4.57 Å². The van der Waals surface area contributed by atoms with Crippen LogP contribution in [0.5, 0.6) is 0 Å². The standard InChI is InChI=1S/C28H31N2/c1-18(2)13-25-11-9-24(17-29-25)23-8-7-22-10-12-27(30(6)28(22)16-23)26-15-19(3)14-20(4)21(26)5/h7-12,14-18H,13H2,1-6H3/q+1. The van der Waals surface area contributed by atoms with Gasteiger partial charge in [-0.1, -0.05) is 37.6 Å². The smallest absolute Gasteiger partial charge is 0.213 e. The van der Waals surface area contributed by atoms with E-state index >= 15 is 0 Å². The Balaban J connectivity index is 1.80. The highest BCUT2D eigenvalue weighted by Gasteiger charge is 2.17. The molecule has 2 nitrogen and oxygen atoms in total. The molecule has 0 aliphatic carbocycles. The van der Waals surface area contributed by atoms with E-state index in [1.54, 1.807) is 0 Å². The van der Waals surface area contributed by atoms with E-state index in [0.717, 1.165) is 17.7 Å². The fraction of sp³-hybridized carbons (Fsp3) is 0.286. The van der Waals surface area contributed by atoms with Crippen LogP contribution in [0, 0.1) is 26.7 Å². The lowest BCUT2D eigenvalue weighted by Crippen LogP contribution is -2.32. The molecular formula is C28H31N2+. The molecule has 0 atom stereocenters. The summed E-state index contributed by atoms with van der Waals surface area (Å²) in [5, 5.41) is 1.25. The number of benzene rings is 2. The summed E-state index contributed by atoms with van der Waals surface area (Å²) in [6.07, 6.45) is 3.03. The van der Waals surface area contributed by atoms with Crippen LogP contribution in [-0.2, 0) is 13.5 Å². The van der Waals surface area contributed by atoms with E-state index in [-0.39, 0.29) is 0 Å². The van der Waals surface area contributed by atoms with Gasteiger partial charge in [0, 0.05) is 40.5 Å². The zero-order valence-electron chi connectivity index (χ0n) is 19.0. The summed E-state index contributed by atoms with van der Waals surface area (Å²) in [5.74, 6) is 0.621. The minimum atomic E-state index is 0.621. The van der Waals surface area contributed by atoms with E-state index < -0.39 is 0 Å². The van der Waals surface area contributed by atoms with Gasteiger partial charge in [-0.05, 0) is 74.1 Å². The van der Waals surface area contributed by atoms with Crippen molar-refractivity contribution in [1.82, 2.24) is 4.98 Å². The molecule has 0 saturated carbocycles. The Hall–Kier alpha value is -3.00. The zero-order valence-corrected chi connectivity index (χ0v) is 19.0. The Kier molecular flexibility index (Phi) is 5.42. The molecule has 0 bridgehead atoms. The molecule has 0 saturated heterocycles. The fourth-order valence-electron chi connectivity index (χ4n) is 4.28. The largest absolute Gasteiger partial charge is 0.261 e. The molecule has 2 heterocycles. The van der Waals surface area contributed by atoms with Crippen LogP contribution >= 0.6 is 0 Å².